The van der Waals surface area contributed by atoms with Crippen LogP contribution in [-0.4, -0.2) is 36.3 Å². The fraction of sp³-hybridized carbons (Fsp3) is 0.238. The first-order valence-electron chi connectivity index (χ1n) is 9.42. The molecule has 2 aromatic rings. The van der Waals surface area contributed by atoms with Gasteiger partial charge in [0.25, 0.3) is 5.69 Å². The van der Waals surface area contributed by atoms with Gasteiger partial charge in [0, 0.05) is 24.6 Å². The average molecular weight is 480 g/mol. The van der Waals surface area contributed by atoms with Crippen LogP contribution in [0.25, 0.3) is 0 Å². The van der Waals surface area contributed by atoms with Gasteiger partial charge in [-0.1, -0.05) is 23.7 Å². The number of carbonyl (C=O) groups is 1. The number of allylic oxidation sites excluding steroid dienone is 1. The largest absolute Gasteiger partial charge is 0.460 e. The number of methoxy groups -OCH3 is 1. The number of nitrogens with one attached hydrogen (secondary N) is 1. The molecule has 1 aliphatic heterocycles. The molecule has 11 heteroatoms. The van der Waals surface area contributed by atoms with Crippen LogP contribution in [-0.2, 0) is 14.3 Å². The molecule has 1 aliphatic rings. The molecule has 1 atom stereocenters. The van der Waals surface area contributed by atoms with Crippen LogP contribution < -0.4 is 10.2 Å². The summed E-state index contributed by atoms with van der Waals surface area (Å²) >= 11 is 11.4. The second-order valence-corrected chi connectivity index (χ2v) is 7.55. The standard InChI is InChI=1S/C21H19ClFN3O5S/c1-12-18(20(27)31-10-9-30-2)19(14-5-3-4-6-17(14)26(28)29)24-21(32)25(12)13-7-8-16(23)15(22)11-13/h3-8,11,19H,9-10H2,1-2H3,(H,24,32). The summed E-state index contributed by atoms with van der Waals surface area (Å²) in [6, 6.07) is 9.11. The Labute approximate surface area is 193 Å². The summed E-state index contributed by atoms with van der Waals surface area (Å²) in [5, 5.41) is 14.6. The Kier molecular flexibility index (Phi) is 7.39. The Morgan fingerprint density at radius 1 is 1.31 bits per heavy atom. The lowest BCUT2D eigenvalue weighted by atomic mass is 9.93. The van der Waals surface area contributed by atoms with Gasteiger partial charge in [-0.3, -0.25) is 15.0 Å². The van der Waals surface area contributed by atoms with Gasteiger partial charge in [0.1, 0.15) is 12.4 Å². The van der Waals surface area contributed by atoms with E-state index in [1.807, 2.05) is 0 Å². The molecule has 3 rings (SSSR count). The summed E-state index contributed by atoms with van der Waals surface area (Å²) < 4.78 is 23.9. The normalized spacial score (nSPS) is 16.1. The number of rotatable bonds is 7. The van der Waals surface area contributed by atoms with Gasteiger partial charge in [-0.15, -0.1) is 0 Å². The van der Waals surface area contributed by atoms with Crippen LogP contribution in [0.1, 0.15) is 18.5 Å². The molecule has 0 aliphatic carbocycles. The highest BCUT2D eigenvalue weighted by Gasteiger charge is 2.38. The van der Waals surface area contributed by atoms with E-state index >= 15 is 0 Å². The molecule has 168 valence electrons. The Hall–Kier alpha value is -3.08. The van der Waals surface area contributed by atoms with E-state index in [0.717, 1.165) is 0 Å². The molecule has 1 heterocycles. The van der Waals surface area contributed by atoms with Crippen LogP contribution in [0.3, 0.4) is 0 Å². The number of carbonyl (C=O) groups excluding carboxylic acids is 1. The van der Waals surface area contributed by atoms with Gasteiger partial charge < -0.3 is 14.8 Å². The monoisotopic (exact) mass is 479 g/mol. The lowest BCUT2D eigenvalue weighted by Crippen LogP contribution is -2.48. The third-order valence-electron chi connectivity index (χ3n) is 4.83. The van der Waals surface area contributed by atoms with Crippen LogP contribution in [0.5, 0.6) is 0 Å². The Morgan fingerprint density at radius 3 is 2.69 bits per heavy atom. The number of halogens is 2. The first-order chi connectivity index (χ1) is 15.3. The van der Waals surface area contributed by atoms with Gasteiger partial charge in [0.15, 0.2) is 5.11 Å². The number of nitro benzene ring substituents is 1. The second kappa shape index (κ2) is 10.0. The van der Waals surface area contributed by atoms with Crippen molar-refractivity contribution < 1.29 is 23.6 Å². The maximum Gasteiger partial charge on any atom is 0.338 e. The number of hydrogen-bond donors (Lipinski definition) is 1. The zero-order chi connectivity index (χ0) is 23.4. The summed E-state index contributed by atoms with van der Waals surface area (Å²) in [4.78, 5) is 25.6. The van der Waals surface area contributed by atoms with Gasteiger partial charge >= 0.3 is 5.97 Å². The van der Waals surface area contributed by atoms with Crippen LogP contribution in [0.4, 0.5) is 15.8 Å². The number of nitrogens with zero attached hydrogens (tertiary/aromatic N) is 2. The predicted octanol–water partition coefficient (Wildman–Crippen LogP) is 4.29. The second-order valence-electron chi connectivity index (χ2n) is 6.76. The third-order valence-corrected chi connectivity index (χ3v) is 5.42. The highest BCUT2D eigenvalue weighted by molar-refractivity contribution is 7.80. The number of para-hydroxylation sites is 1. The summed E-state index contributed by atoms with van der Waals surface area (Å²) in [7, 11) is 1.47. The Bertz CT molecular complexity index is 1110. The van der Waals surface area contributed by atoms with Crippen LogP contribution >= 0.6 is 23.8 Å². The third kappa shape index (κ3) is 4.72. The van der Waals surface area contributed by atoms with Crippen LogP contribution in [0.2, 0.25) is 5.02 Å². The maximum absolute atomic E-state index is 13.7. The summed E-state index contributed by atoms with van der Waals surface area (Å²) in [5.74, 6) is -1.30. The molecule has 1 unspecified atom stereocenters. The summed E-state index contributed by atoms with van der Waals surface area (Å²) in [6.07, 6.45) is 0. The zero-order valence-electron chi connectivity index (χ0n) is 17.1. The van der Waals surface area contributed by atoms with Crippen molar-refractivity contribution in [2.45, 2.75) is 13.0 Å². The lowest BCUT2D eigenvalue weighted by Gasteiger charge is -2.37. The van der Waals surface area contributed by atoms with E-state index in [9.17, 15) is 19.3 Å². The lowest BCUT2D eigenvalue weighted by molar-refractivity contribution is -0.385. The topological polar surface area (TPSA) is 93.9 Å². The van der Waals surface area contributed by atoms with Gasteiger partial charge in [-0.25, -0.2) is 9.18 Å². The number of nitro groups is 1. The van der Waals surface area contributed by atoms with Gasteiger partial charge in [-0.05, 0) is 43.4 Å². The molecule has 0 aromatic heterocycles. The Morgan fingerprint density at radius 2 is 2.03 bits per heavy atom. The number of thiocarbonyl (C=S) groups is 1. The maximum atomic E-state index is 13.7. The van der Waals surface area contributed by atoms with Gasteiger partial charge in [-0.2, -0.15) is 0 Å². The molecule has 0 fully saturated rings. The minimum Gasteiger partial charge on any atom is -0.460 e. The minimum absolute atomic E-state index is 0.0114. The fourth-order valence-electron chi connectivity index (χ4n) is 3.37. The highest BCUT2D eigenvalue weighted by atomic mass is 35.5. The van der Waals surface area contributed by atoms with Gasteiger partial charge in [0.05, 0.1) is 33.7 Å². The molecule has 32 heavy (non-hydrogen) atoms. The van der Waals surface area contributed by atoms with Crippen molar-refractivity contribution in [1.29, 1.82) is 0 Å². The Balaban J connectivity index is 2.15. The highest BCUT2D eigenvalue weighted by Crippen LogP contribution is 2.38. The number of hydrogen-bond acceptors (Lipinski definition) is 6. The molecule has 0 spiro atoms. The fourth-order valence-corrected chi connectivity index (χ4v) is 3.90. The van der Waals surface area contributed by atoms with Crippen molar-refractivity contribution in [2.75, 3.05) is 25.2 Å². The van der Waals surface area contributed by atoms with E-state index in [0.29, 0.717) is 11.4 Å². The number of esters is 1. The first-order valence-corrected chi connectivity index (χ1v) is 10.2. The van der Waals surface area contributed by atoms with E-state index in [2.05, 4.69) is 5.32 Å². The summed E-state index contributed by atoms with van der Waals surface area (Å²) in [6.45, 7) is 1.79. The first kappa shape index (κ1) is 23.6. The molecular weight excluding hydrogens is 461 g/mol. The molecule has 0 saturated heterocycles. The minimum atomic E-state index is -0.939. The van der Waals surface area contributed by atoms with Crippen molar-refractivity contribution in [2.24, 2.45) is 0 Å². The molecule has 0 radical (unpaired) electrons. The van der Waals surface area contributed by atoms with E-state index in [1.54, 1.807) is 19.1 Å². The summed E-state index contributed by atoms with van der Waals surface area (Å²) in [5.41, 5.74) is 0.955. The zero-order valence-corrected chi connectivity index (χ0v) is 18.7. The molecule has 0 saturated carbocycles. The van der Waals surface area contributed by atoms with Crippen molar-refractivity contribution in [1.82, 2.24) is 5.32 Å². The molecule has 2 aromatic carbocycles. The number of ether oxygens (including phenoxy) is 2. The van der Waals surface area contributed by atoms with E-state index in [1.165, 1.54) is 42.3 Å². The predicted molar refractivity (Wildman–Crippen MR) is 121 cm³/mol. The van der Waals surface area contributed by atoms with Crippen molar-refractivity contribution in [3.63, 3.8) is 0 Å². The molecular formula is C21H19ClFN3O5S. The van der Waals surface area contributed by atoms with Crippen LogP contribution in [0, 0.1) is 15.9 Å². The van der Waals surface area contributed by atoms with E-state index in [-0.39, 0.29) is 40.2 Å². The smallest absolute Gasteiger partial charge is 0.338 e. The van der Waals surface area contributed by atoms with Crippen molar-refractivity contribution in [3.05, 3.63) is 80.3 Å². The molecule has 8 nitrogen and oxygen atoms in total. The number of benzene rings is 2. The molecule has 0 amide bonds. The number of anilines is 1. The SMILES string of the molecule is COCCOC(=O)C1=C(C)N(c2ccc(F)c(Cl)c2)C(=S)NC1c1ccccc1[N+](=O)[O-]. The van der Waals surface area contributed by atoms with Crippen molar-refractivity contribution in [3.8, 4) is 0 Å². The molecule has 1 N–H and O–H groups in total. The van der Waals surface area contributed by atoms with Crippen molar-refractivity contribution >= 4 is 46.3 Å². The quantitative estimate of drug-likeness (QED) is 0.207. The molecule has 0 bridgehead atoms. The van der Waals surface area contributed by atoms with Gasteiger partial charge in [0.2, 0.25) is 0 Å². The van der Waals surface area contributed by atoms with E-state index < -0.39 is 22.8 Å². The van der Waals surface area contributed by atoms with E-state index in [4.69, 9.17) is 33.3 Å². The average Bonchev–Trinajstić information content (AvgIpc) is 2.75. The van der Waals surface area contributed by atoms with Crippen LogP contribution in [0.15, 0.2) is 53.7 Å².